The molecule has 1 aromatic heterocycles. The van der Waals surface area contributed by atoms with Crippen molar-refractivity contribution >= 4 is 11.6 Å². The van der Waals surface area contributed by atoms with Crippen molar-refractivity contribution in [2.24, 2.45) is 0 Å². The van der Waals surface area contributed by atoms with Crippen LogP contribution in [0.4, 0.5) is 14.5 Å². The van der Waals surface area contributed by atoms with Gasteiger partial charge in [-0.05, 0) is 50.1 Å². The van der Waals surface area contributed by atoms with Crippen molar-refractivity contribution in [3.8, 4) is 5.69 Å². The molecule has 0 spiro atoms. The second-order valence-electron chi connectivity index (χ2n) is 6.07. The van der Waals surface area contributed by atoms with Crippen LogP contribution in [0, 0.1) is 25.5 Å². The van der Waals surface area contributed by atoms with Gasteiger partial charge in [0, 0.05) is 18.2 Å². The van der Waals surface area contributed by atoms with Gasteiger partial charge < -0.3 is 5.32 Å². The molecule has 4 nitrogen and oxygen atoms in total. The van der Waals surface area contributed by atoms with Crippen LogP contribution in [0.2, 0.25) is 0 Å². The lowest BCUT2D eigenvalue weighted by molar-refractivity contribution is -0.116. The van der Waals surface area contributed by atoms with E-state index in [-0.39, 0.29) is 18.0 Å². The van der Waals surface area contributed by atoms with Gasteiger partial charge >= 0.3 is 0 Å². The molecule has 0 bridgehead atoms. The molecule has 1 amide bonds. The number of halogens is 2. The molecular formula is C20H19F2N3O. The van der Waals surface area contributed by atoms with E-state index in [0.717, 1.165) is 34.8 Å². The Morgan fingerprint density at radius 3 is 2.54 bits per heavy atom. The van der Waals surface area contributed by atoms with Gasteiger partial charge in [-0.1, -0.05) is 18.2 Å². The Balaban J connectivity index is 1.70. The number of nitrogens with one attached hydrogen (secondary N) is 1. The molecule has 0 radical (unpaired) electrons. The number of anilines is 1. The van der Waals surface area contributed by atoms with Crippen molar-refractivity contribution in [3.63, 3.8) is 0 Å². The highest BCUT2D eigenvalue weighted by Gasteiger charge is 2.15. The molecule has 0 saturated carbocycles. The number of hydrogen-bond donors (Lipinski definition) is 1. The summed E-state index contributed by atoms with van der Waals surface area (Å²) in [6.45, 7) is 3.86. The summed E-state index contributed by atoms with van der Waals surface area (Å²) >= 11 is 0. The minimum absolute atomic E-state index is 0.0233. The molecule has 134 valence electrons. The van der Waals surface area contributed by atoms with Crippen molar-refractivity contribution in [3.05, 3.63) is 77.1 Å². The SMILES string of the molecule is Cc1nn(-c2ccccc2)c(C)c1CCC(=O)Nc1ccc(F)cc1F. The zero-order valence-corrected chi connectivity index (χ0v) is 14.6. The average molecular weight is 355 g/mol. The summed E-state index contributed by atoms with van der Waals surface area (Å²) in [6, 6.07) is 12.8. The number of amides is 1. The molecule has 0 unspecified atom stereocenters. The van der Waals surface area contributed by atoms with Crippen LogP contribution >= 0.6 is 0 Å². The van der Waals surface area contributed by atoms with Gasteiger partial charge in [-0.15, -0.1) is 0 Å². The monoisotopic (exact) mass is 355 g/mol. The molecule has 0 aliphatic rings. The van der Waals surface area contributed by atoms with E-state index in [1.54, 1.807) is 0 Å². The number of para-hydroxylation sites is 1. The first-order valence-corrected chi connectivity index (χ1v) is 8.31. The van der Waals surface area contributed by atoms with E-state index in [4.69, 9.17) is 0 Å². The Hall–Kier alpha value is -3.02. The lowest BCUT2D eigenvalue weighted by atomic mass is 10.1. The topological polar surface area (TPSA) is 46.9 Å². The quantitative estimate of drug-likeness (QED) is 0.740. The van der Waals surface area contributed by atoms with Crippen LogP contribution in [0.5, 0.6) is 0 Å². The summed E-state index contributed by atoms with van der Waals surface area (Å²) in [6.07, 6.45) is 0.665. The first kappa shape index (κ1) is 17.8. The van der Waals surface area contributed by atoms with E-state index in [1.807, 2.05) is 48.9 Å². The number of nitrogens with zero attached hydrogens (tertiary/aromatic N) is 2. The van der Waals surface area contributed by atoms with Crippen LogP contribution in [0.1, 0.15) is 23.4 Å². The Morgan fingerprint density at radius 1 is 1.12 bits per heavy atom. The van der Waals surface area contributed by atoms with Crippen LogP contribution < -0.4 is 5.32 Å². The maximum atomic E-state index is 13.6. The minimum atomic E-state index is -0.789. The number of benzene rings is 2. The van der Waals surface area contributed by atoms with Gasteiger partial charge in [-0.3, -0.25) is 4.79 Å². The lowest BCUT2D eigenvalue weighted by Gasteiger charge is -2.07. The fraction of sp³-hybridized carbons (Fsp3) is 0.200. The fourth-order valence-electron chi connectivity index (χ4n) is 2.90. The predicted molar refractivity (Wildman–Crippen MR) is 96.3 cm³/mol. The largest absolute Gasteiger partial charge is 0.324 e. The Bertz CT molecular complexity index is 936. The summed E-state index contributed by atoms with van der Waals surface area (Å²) in [5.41, 5.74) is 3.74. The summed E-state index contributed by atoms with van der Waals surface area (Å²) < 4.78 is 28.4. The third-order valence-corrected chi connectivity index (χ3v) is 4.25. The van der Waals surface area contributed by atoms with Gasteiger partial charge in [0.1, 0.15) is 11.6 Å². The molecule has 1 N–H and O–H groups in total. The molecule has 3 rings (SSSR count). The third-order valence-electron chi connectivity index (χ3n) is 4.25. The highest BCUT2D eigenvalue weighted by molar-refractivity contribution is 5.90. The Kier molecular flexibility index (Phi) is 5.11. The second-order valence-corrected chi connectivity index (χ2v) is 6.07. The van der Waals surface area contributed by atoms with Crippen molar-refractivity contribution in [1.82, 2.24) is 9.78 Å². The van der Waals surface area contributed by atoms with Gasteiger partial charge in [-0.2, -0.15) is 5.10 Å². The van der Waals surface area contributed by atoms with Crippen molar-refractivity contribution in [2.45, 2.75) is 26.7 Å². The second kappa shape index (κ2) is 7.47. The molecule has 3 aromatic rings. The fourth-order valence-corrected chi connectivity index (χ4v) is 2.90. The number of rotatable bonds is 5. The van der Waals surface area contributed by atoms with Gasteiger partial charge in [0.25, 0.3) is 0 Å². The number of carbonyl (C=O) groups excluding carboxylic acids is 1. The zero-order chi connectivity index (χ0) is 18.7. The van der Waals surface area contributed by atoms with E-state index in [2.05, 4.69) is 10.4 Å². The van der Waals surface area contributed by atoms with Crippen molar-refractivity contribution < 1.29 is 13.6 Å². The van der Waals surface area contributed by atoms with Gasteiger partial charge in [0.15, 0.2) is 0 Å². The first-order valence-electron chi connectivity index (χ1n) is 8.31. The van der Waals surface area contributed by atoms with Crippen molar-refractivity contribution in [2.75, 3.05) is 5.32 Å². The number of hydrogen-bond acceptors (Lipinski definition) is 2. The summed E-state index contributed by atoms with van der Waals surface area (Å²) in [4.78, 5) is 12.1. The normalized spacial score (nSPS) is 10.8. The van der Waals surface area contributed by atoms with Crippen LogP contribution in [0.15, 0.2) is 48.5 Å². The van der Waals surface area contributed by atoms with Gasteiger partial charge in [0.05, 0.1) is 17.1 Å². The molecule has 0 aliphatic carbocycles. The van der Waals surface area contributed by atoms with Crippen molar-refractivity contribution in [1.29, 1.82) is 0 Å². The molecule has 0 atom stereocenters. The number of carbonyl (C=O) groups is 1. The van der Waals surface area contributed by atoms with E-state index in [1.165, 1.54) is 6.07 Å². The molecule has 26 heavy (non-hydrogen) atoms. The smallest absolute Gasteiger partial charge is 0.224 e. The highest BCUT2D eigenvalue weighted by atomic mass is 19.1. The average Bonchev–Trinajstić information content (AvgIpc) is 2.90. The standard InChI is InChI=1S/C20H19F2N3O/c1-13-17(14(2)25(24-13)16-6-4-3-5-7-16)9-11-20(26)23-19-10-8-15(21)12-18(19)22/h3-8,10,12H,9,11H2,1-2H3,(H,23,26). The Labute approximate surface area is 150 Å². The van der Waals surface area contributed by atoms with Gasteiger partial charge in [-0.25, -0.2) is 13.5 Å². The summed E-state index contributed by atoms with van der Waals surface area (Å²) in [7, 11) is 0. The molecule has 0 saturated heterocycles. The third kappa shape index (κ3) is 3.79. The summed E-state index contributed by atoms with van der Waals surface area (Å²) in [5.74, 6) is -1.80. The molecule has 2 aromatic carbocycles. The maximum absolute atomic E-state index is 13.6. The maximum Gasteiger partial charge on any atom is 0.224 e. The van der Waals surface area contributed by atoms with Crippen LogP contribution in [0.25, 0.3) is 5.69 Å². The summed E-state index contributed by atoms with van der Waals surface area (Å²) in [5, 5.41) is 7.03. The zero-order valence-electron chi connectivity index (χ0n) is 14.6. The Morgan fingerprint density at radius 2 is 1.85 bits per heavy atom. The van der Waals surface area contributed by atoms with E-state index in [0.29, 0.717) is 6.42 Å². The molecule has 0 aliphatic heterocycles. The first-order chi connectivity index (χ1) is 12.5. The highest BCUT2D eigenvalue weighted by Crippen LogP contribution is 2.20. The molecule has 0 fully saturated rings. The molecule has 1 heterocycles. The van der Waals surface area contributed by atoms with Crippen LogP contribution in [-0.4, -0.2) is 15.7 Å². The molecule has 6 heteroatoms. The van der Waals surface area contributed by atoms with E-state index in [9.17, 15) is 13.6 Å². The van der Waals surface area contributed by atoms with Crippen LogP contribution in [-0.2, 0) is 11.2 Å². The van der Waals surface area contributed by atoms with Crippen LogP contribution in [0.3, 0.4) is 0 Å². The number of aromatic nitrogens is 2. The van der Waals surface area contributed by atoms with E-state index < -0.39 is 11.6 Å². The minimum Gasteiger partial charge on any atom is -0.324 e. The predicted octanol–water partition coefficient (Wildman–Crippen LogP) is 4.34. The number of aryl methyl sites for hydroxylation is 1. The molecular weight excluding hydrogens is 336 g/mol. The lowest BCUT2D eigenvalue weighted by Crippen LogP contribution is -2.14. The van der Waals surface area contributed by atoms with E-state index >= 15 is 0 Å². The van der Waals surface area contributed by atoms with Gasteiger partial charge in [0.2, 0.25) is 5.91 Å².